The molecular weight excluding hydrogens is 338 g/mol. The van der Waals surface area contributed by atoms with Gasteiger partial charge in [0.15, 0.2) is 0 Å². The molecule has 0 saturated heterocycles. The predicted octanol–water partition coefficient (Wildman–Crippen LogP) is 4.08. The van der Waals surface area contributed by atoms with Crippen LogP contribution in [-0.4, -0.2) is 15.5 Å². The van der Waals surface area contributed by atoms with Gasteiger partial charge < -0.3 is 14.3 Å². The van der Waals surface area contributed by atoms with Gasteiger partial charge in [0.1, 0.15) is 17.3 Å². The Labute approximate surface area is 157 Å². The summed E-state index contributed by atoms with van der Waals surface area (Å²) in [7, 11) is 1.96. The lowest BCUT2D eigenvalue weighted by Gasteiger charge is -2.05. The summed E-state index contributed by atoms with van der Waals surface area (Å²) >= 11 is 0. The van der Waals surface area contributed by atoms with E-state index in [1.54, 1.807) is 0 Å². The fourth-order valence-corrected chi connectivity index (χ4v) is 3.13. The van der Waals surface area contributed by atoms with E-state index < -0.39 is 0 Å². The number of benzene rings is 2. The van der Waals surface area contributed by atoms with E-state index in [1.165, 1.54) is 0 Å². The zero-order valence-corrected chi connectivity index (χ0v) is 15.2. The molecule has 0 bridgehead atoms. The van der Waals surface area contributed by atoms with Crippen molar-refractivity contribution in [1.82, 2.24) is 14.9 Å². The molecule has 0 aliphatic carbocycles. The number of aryl methyl sites for hydroxylation is 2. The van der Waals surface area contributed by atoms with Crippen LogP contribution in [0.3, 0.4) is 0 Å². The summed E-state index contributed by atoms with van der Waals surface area (Å²) in [4.78, 5) is 16.8. The van der Waals surface area contributed by atoms with Gasteiger partial charge in [0.05, 0.1) is 17.6 Å². The number of carbonyl (C=O) groups excluding carboxylic acids is 1. The van der Waals surface area contributed by atoms with Crippen molar-refractivity contribution in [2.24, 2.45) is 7.05 Å². The lowest BCUT2D eigenvalue weighted by Crippen LogP contribution is -2.24. The van der Waals surface area contributed by atoms with E-state index in [9.17, 15) is 4.79 Å². The normalized spacial score (nSPS) is 11.0. The Morgan fingerprint density at radius 2 is 1.81 bits per heavy atom. The van der Waals surface area contributed by atoms with Crippen LogP contribution in [0.15, 0.2) is 71.1 Å². The summed E-state index contributed by atoms with van der Waals surface area (Å²) in [6.45, 7) is 0.414. The quantitative estimate of drug-likeness (QED) is 0.564. The zero-order valence-electron chi connectivity index (χ0n) is 15.2. The molecule has 2 heterocycles. The number of amides is 1. The number of para-hydroxylation sites is 2. The van der Waals surface area contributed by atoms with E-state index in [2.05, 4.69) is 10.3 Å². The van der Waals surface area contributed by atoms with Gasteiger partial charge in [-0.1, -0.05) is 42.5 Å². The molecule has 27 heavy (non-hydrogen) atoms. The van der Waals surface area contributed by atoms with E-state index in [0.717, 1.165) is 33.9 Å². The summed E-state index contributed by atoms with van der Waals surface area (Å²) in [5.41, 5.74) is 3.04. The van der Waals surface area contributed by atoms with Crippen molar-refractivity contribution in [3.8, 4) is 11.3 Å². The second-order valence-electron chi connectivity index (χ2n) is 6.48. The van der Waals surface area contributed by atoms with Crippen LogP contribution in [0.4, 0.5) is 0 Å². The van der Waals surface area contributed by atoms with Crippen LogP contribution < -0.4 is 5.32 Å². The molecule has 0 aliphatic rings. The number of furan rings is 1. The number of nitrogens with zero attached hydrogens (tertiary/aromatic N) is 2. The maximum Gasteiger partial charge on any atom is 0.220 e. The minimum atomic E-state index is -0.0142. The average Bonchev–Trinajstić information content (AvgIpc) is 3.31. The Kier molecular flexibility index (Phi) is 4.75. The molecule has 0 unspecified atom stereocenters. The van der Waals surface area contributed by atoms with Crippen LogP contribution in [-0.2, 0) is 24.8 Å². The van der Waals surface area contributed by atoms with Crippen molar-refractivity contribution >= 4 is 16.9 Å². The summed E-state index contributed by atoms with van der Waals surface area (Å²) in [5, 5.41) is 2.95. The minimum absolute atomic E-state index is 0.0142. The summed E-state index contributed by atoms with van der Waals surface area (Å²) in [6.07, 6.45) is 0.951. The lowest BCUT2D eigenvalue weighted by atomic mass is 10.2. The summed E-state index contributed by atoms with van der Waals surface area (Å²) < 4.78 is 7.85. The molecule has 0 fully saturated rings. The van der Waals surface area contributed by atoms with Gasteiger partial charge in [-0.2, -0.15) is 0 Å². The molecule has 5 nitrogen and oxygen atoms in total. The molecule has 0 atom stereocenters. The first kappa shape index (κ1) is 17.1. The molecule has 1 amide bonds. The molecule has 4 aromatic rings. The topological polar surface area (TPSA) is 60.1 Å². The third-order valence-electron chi connectivity index (χ3n) is 4.64. The number of carbonyl (C=O) groups is 1. The van der Waals surface area contributed by atoms with Crippen LogP contribution in [0, 0.1) is 0 Å². The average molecular weight is 359 g/mol. The second kappa shape index (κ2) is 7.50. The number of imidazole rings is 1. The molecule has 0 saturated carbocycles. The van der Waals surface area contributed by atoms with E-state index >= 15 is 0 Å². The van der Waals surface area contributed by atoms with Crippen molar-refractivity contribution < 1.29 is 9.21 Å². The number of aromatic nitrogens is 2. The van der Waals surface area contributed by atoms with Gasteiger partial charge in [0, 0.05) is 25.5 Å². The Morgan fingerprint density at radius 1 is 1.04 bits per heavy atom. The second-order valence-corrected chi connectivity index (χ2v) is 6.48. The zero-order chi connectivity index (χ0) is 18.6. The Morgan fingerprint density at radius 3 is 2.63 bits per heavy atom. The van der Waals surface area contributed by atoms with Gasteiger partial charge >= 0.3 is 0 Å². The number of nitrogens with one attached hydrogen (secondary N) is 1. The van der Waals surface area contributed by atoms with Crippen molar-refractivity contribution in [3.63, 3.8) is 0 Å². The Bertz CT molecular complexity index is 1060. The van der Waals surface area contributed by atoms with E-state index in [0.29, 0.717) is 19.4 Å². The smallest absolute Gasteiger partial charge is 0.220 e. The first-order valence-corrected chi connectivity index (χ1v) is 9.02. The minimum Gasteiger partial charge on any atom is -0.461 e. The third-order valence-corrected chi connectivity index (χ3v) is 4.64. The monoisotopic (exact) mass is 359 g/mol. The van der Waals surface area contributed by atoms with E-state index in [-0.39, 0.29) is 5.91 Å². The van der Waals surface area contributed by atoms with E-state index in [4.69, 9.17) is 4.42 Å². The third kappa shape index (κ3) is 3.77. The van der Waals surface area contributed by atoms with Crippen molar-refractivity contribution in [2.75, 3.05) is 0 Å². The lowest BCUT2D eigenvalue weighted by molar-refractivity contribution is -0.121. The van der Waals surface area contributed by atoms with Crippen molar-refractivity contribution in [1.29, 1.82) is 0 Å². The fraction of sp³-hybridized carbons (Fsp3) is 0.182. The van der Waals surface area contributed by atoms with Crippen LogP contribution in [0.1, 0.15) is 18.0 Å². The highest BCUT2D eigenvalue weighted by atomic mass is 16.3. The number of fused-ring (bicyclic) bond motifs is 1. The maximum absolute atomic E-state index is 12.2. The van der Waals surface area contributed by atoms with Gasteiger partial charge in [-0.05, 0) is 24.3 Å². The van der Waals surface area contributed by atoms with Crippen LogP contribution in [0.25, 0.3) is 22.4 Å². The van der Waals surface area contributed by atoms with Crippen molar-refractivity contribution in [2.45, 2.75) is 19.4 Å². The maximum atomic E-state index is 12.2. The molecule has 4 rings (SSSR count). The summed E-state index contributed by atoms with van der Waals surface area (Å²) in [6, 6.07) is 21.8. The molecule has 1 N–H and O–H groups in total. The van der Waals surface area contributed by atoms with Crippen LogP contribution in [0.5, 0.6) is 0 Å². The highest BCUT2D eigenvalue weighted by Crippen LogP contribution is 2.22. The van der Waals surface area contributed by atoms with Gasteiger partial charge in [0.2, 0.25) is 5.91 Å². The number of rotatable bonds is 6. The first-order chi connectivity index (χ1) is 13.2. The largest absolute Gasteiger partial charge is 0.461 e. The molecule has 2 aromatic carbocycles. The van der Waals surface area contributed by atoms with E-state index in [1.807, 2.05) is 78.3 Å². The molecule has 5 heteroatoms. The highest BCUT2D eigenvalue weighted by molar-refractivity contribution is 5.77. The molecular formula is C22H21N3O2. The molecule has 136 valence electrons. The number of hydrogen-bond donors (Lipinski definition) is 1. The Balaban J connectivity index is 1.32. The standard InChI is InChI=1S/C22H21N3O2/c1-25-19-10-6-5-9-18(19)24-21(25)15-23-22(26)14-12-17-11-13-20(27-17)16-7-3-2-4-8-16/h2-11,13H,12,14-15H2,1H3,(H,23,26). The fourth-order valence-electron chi connectivity index (χ4n) is 3.13. The summed E-state index contributed by atoms with van der Waals surface area (Å²) in [5.74, 6) is 2.46. The Hall–Kier alpha value is -3.34. The van der Waals surface area contributed by atoms with Gasteiger partial charge in [0.25, 0.3) is 0 Å². The SMILES string of the molecule is Cn1c(CNC(=O)CCc2ccc(-c3ccccc3)o2)nc2ccccc21. The van der Waals surface area contributed by atoms with Crippen molar-refractivity contribution in [3.05, 3.63) is 78.3 Å². The highest BCUT2D eigenvalue weighted by Gasteiger charge is 2.10. The van der Waals surface area contributed by atoms with Gasteiger partial charge in [-0.25, -0.2) is 4.98 Å². The van der Waals surface area contributed by atoms with Crippen LogP contribution in [0.2, 0.25) is 0 Å². The van der Waals surface area contributed by atoms with Gasteiger partial charge in [-0.3, -0.25) is 4.79 Å². The first-order valence-electron chi connectivity index (χ1n) is 9.02. The van der Waals surface area contributed by atoms with Gasteiger partial charge in [-0.15, -0.1) is 0 Å². The molecule has 2 aromatic heterocycles. The molecule has 0 aliphatic heterocycles. The molecule has 0 spiro atoms. The molecule has 0 radical (unpaired) electrons. The predicted molar refractivity (Wildman–Crippen MR) is 105 cm³/mol. The number of hydrogen-bond acceptors (Lipinski definition) is 3. The van der Waals surface area contributed by atoms with Crippen LogP contribution >= 0.6 is 0 Å².